The Bertz CT molecular complexity index is 828. The molecule has 2 aromatic carbocycles. The second-order valence-electron chi connectivity index (χ2n) is 4.86. The molecule has 3 nitrogen and oxygen atoms in total. The van der Waals surface area contributed by atoms with Gasteiger partial charge in [-0.05, 0) is 30.3 Å². The van der Waals surface area contributed by atoms with Crippen LogP contribution in [0.5, 0.6) is 0 Å². The molecule has 0 fully saturated rings. The van der Waals surface area contributed by atoms with Crippen molar-refractivity contribution in [3.8, 4) is 0 Å². The fourth-order valence-electron chi connectivity index (χ4n) is 2.24. The maximum Gasteiger partial charge on any atom is 0.0722 e. The largest absolute Gasteiger partial charge is 0.388 e. The number of nitrogens with zero attached hydrogens (tertiary/aromatic N) is 2. The number of benzene rings is 2. The zero-order chi connectivity index (χ0) is 15.2. The molecule has 0 bridgehead atoms. The molecule has 4 aromatic rings. The Kier molecular flexibility index (Phi) is 8.52. The van der Waals surface area contributed by atoms with Crippen molar-refractivity contribution in [3.05, 3.63) is 86.6 Å². The predicted molar refractivity (Wildman–Crippen MR) is 99.4 cm³/mol. The van der Waals surface area contributed by atoms with E-state index in [2.05, 4.69) is 39.6 Å². The van der Waals surface area contributed by atoms with E-state index in [-0.39, 0.29) is 40.1 Å². The summed E-state index contributed by atoms with van der Waals surface area (Å²) < 4.78 is 0. The molecule has 0 amide bonds. The quantitative estimate of drug-likeness (QED) is 0.466. The van der Waals surface area contributed by atoms with Gasteiger partial charge in [0.2, 0.25) is 0 Å². The van der Waals surface area contributed by atoms with Gasteiger partial charge in [0.25, 0.3) is 0 Å². The molecule has 2 heterocycles. The van der Waals surface area contributed by atoms with E-state index in [1.807, 2.05) is 61.9 Å². The van der Waals surface area contributed by atoms with Gasteiger partial charge in [0, 0.05) is 68.6 Å². The number of pyridine rings is 2. The molecule has 0 spiro atoms. The Labute approximate surface area is 168 Å². The maximum absolute atomic E-state index is 4.25. The summed E-state index contributed by atoms with van der Waals surface area (Å²) in [5, 5.41) is 5.46. The van der Waals surface area contributed by atoms with Gasteiger partial charge in [-0.3, -0.25) is 9.97 Å². The van der Waals surface area contributed by atoms with Crippen LogP contribution in [0.3, 0.4) is 0 Å². The van der Waals surface area contributed by atoms with E-state index < -0.39 is 0 Å². The van der Waals surface area contributed by atoms with Crippen LogP contribution in [0, 0.1) is 7.43 Å². The molecule has 2 aromatic heterocycles. The molecule has 0 aliphatic rings. The molecular formula is C20H20N3Y-. The number of nitrogens with one attached hydrogen (secondary N) is 1. The second kappa shape index (κ2) is 10.1. The summed E-state index contributed by atoms with van der Waals surface area (Å²) in [4.78, 5) is 8.43. The fraction of sp³-hybridized carbons (Fsp3) is 0.0500. The van der Waals surface area contributed by atoms with E-state index >= 15 is 0 Å². The van der Waals surface area contributed by atoms with Gasteiger partial charge in [0.15, 0.2) is 0 Å². The van der Waals surface area contributed by atoms with E-state index in [1.165, 1.54) is 10.8 Å². The van der Waals surface area contributed by atoms with Gasteiger partial charge in [-0.25, -0.2) is 0 Å². The Morgan fingerprint density at radius 2 is 1.29 bits per heavy atom. The third-order valence-corrected chi connectivity index (χ3v) is 3.41. The van der Waals surface area contributed by atoms with Gasteiger partial charge < -0.3 is 12.7 Å². The topological polar surface area (TPSA) is 37.8 Å². The Morgan fingerprint density at radius 3 is 1.96 bits per heavy atom. The monoisotopic (exact) mass is 391 g/mol. The normalized spacial score (nSPS) is 9.21. The van der Waals surface area contributed by atoms with Crippen molar-refractivity contribution in [3.63, 3.8) is 0 Å². The van der Waals surface area contributed by atoms with Crippen LogP contribution in [0.2, 0.25) is 0 Å². The van der Waals surface area contributed by atoms with Crippen molar-refractivity contribution < 1.29 is 32.7 Å². The predicted octanol–water partition coefficient (Wildman–Crippen LogP) is 4.96. The molecule has 119 valence electrons. The number of para-hydroxylation sites is 1. The van der Waals surface area contributed by atoms with Gasteiger partial charge in [0.05, 0.1) is 11.0 Å². The number of rotatable bonds is 1. The molecule has 0 atom stereocenters. The van der Waals surface area contributed by atoms with Gasteiger partial charge in [-0.15, -0.1) is 0 Å². The summed E-state index contributed by atoms with van der Waals surface area (Å²) in [7, 11) is 1.91. The minimum Gasteiger partial charge on any atom is -0.388 e. The molecule has 4 rings (SSSR count). The first-order valence-corrected chi connectivity index (χ1v) is 7.19. The molecule has 0 aliphatic carbocycles. The molecule has 1 radical (unpaired) electrons. The van der Waals surface area contributed by atoms with Gasteiger partial charge >= 0.3 is 0 Å². The first-order chi connectivity index (χ1) is 10.9. The van der Waals surface area contributed by atoms with Crippen molar-refractivity contribution in [2.75, 3.05) is 12.4 Å². The summed E-state index contributed by atoms with van der Waals surface area (Å²) in [5.41, 5.74) is 3.19. The Morgan fingerprint density at radius 1 is 0.708 bits per heavy atom. The number of hydrogen-bond acceptors (Lipinski definition) is 3. The van der Waals surface area contributed by atoms with E-state index in [4.69, 9.17) is 0 Å². The second-order valence-corrected chi connectivity index (χ2v) is 4.86. The molecule has 0 aliphatic heterocycles. The fourth-order valence-corrected chi connectivity index (χ4v) is 2.24. The van der Waals surface area contributed by atoms with Crippen LogP contribution in [0.15, 0.2) is 79.1 Å². The molecule has 0 saturated carbocycles. The van der Waals surface area contributed by atoms with Crippen molar-refractivity contribution in [2.24, 2.45) is 0 Å². The number of anilines is 1. The van der Waals surface area contributed by atoms with Crippen molar-refractivity contribution in [1.29, 1.82) is 0 Å². The van der Waals surface area contributed by atoms with E-state index in [9.17, 15) is 0 Å². The van der Waals surface area contributed by atoms with Crippen molar-refractivity contribution in [2.45, 2.75) is 0 Å². The van der Waals surface area contributed by atoms with E-state index in [1.54, 1.807) is 0 Å². The van der Waals surface area contributed by atoms with Crippen LogP contribution in [0.4, 0.5) is 5.69 Å². The first kappa shape index (κ1) is 20.2. The van der Waals surface area contributed by atoms with Crippen molar-refractivity contribution >= 4 is 27.5 Å². The summed E-state index contributed by atoms with van der Waals surface area (Å²) in [6.45, 7) is 0. The van der Waals surface area contributed by atoms with E-state index in [0.29, 0.717) is 0 Å². The molecule has 1 N–H and O–H groups in total. The summed E-state index contributed by atoms with van der Waals surface area (Å²) in [5.74, 6) is 0. The Hall–Kier alpha value is -1.84. The zero-order valence-electron chi connectivity index (χ0n) is 14.0. The Balaban J connectivity index is 0.000000224. The molecule has 0 unspecified atom stereocenters. The van der Waals surface area contributed by atoms with Gasteiger partial charge in [0.1, 0.15) is 0 Å². The SMILES string of the molecule is CNc1ccc2cccnc2c1.[CH3-].[Y].c1ccc2ncccc2c1. The van der Waals surface area contributed by atoms with Crippen LogP contribution in [0.25, 0.3) is 21.8 Å². The molecule has 4 heteroatoms. The van der Waals surface area contributed by atoms with Crippen LogP contribution in [0.1, 0.15) is 0 Å². The van der Waals surface area contributed by atoms with E-state index in [0.717, 1.165) is 16.7 Å². The van der Waals surface area contributed by atoms with Gasteiger partial charge in [-0.2, -0.15) is 0 Å². The summed E-state index contributed by atoms with van der Waals surface area (Å²) in [6.07, 6.45) is 3.62. The average molecular weight is 391 g/mol. The van der Waals surface area contributed by atoms with Crippen LogP contribution in [-0.4, -0.2) is 17.0 Å². The summed E-state index contributed by atoms with van der Waals surface area (Å²) in [6, 6.07) is 22.2. The average Bonchev–Trinajstić information content (AvgIpc) is 2.62. The van der Waals surface area contributed by atoms with Crippen LogP contribution >= 0.6 is 0 Å². The minimum atomic E-state index is 0. The van der Waals surface area contributed by atoms with Gasteiger partial charge in [-0.1, -0.05) is 36.4 Å². The van der Waals surface area contributed by atoms with Crippen LogP contribution < -0.4 is 5.32 Å². The first-order valence-electron chi connectivity index (χ1n) is 7.19. The zero-order valence-corrected chi connectivity index (χ0v) is 16.8. The standard InChI is InChI=1S/C10H10N2.C9H7N.CH3.Y/c1-11-9-5-4-8-3-2-6-12-10(8)7-9;1-2-6-9-8(4-1)5-3-7-10-9;;/h2-7,11H,1H3;1-7H;1H3;/q;;-1;. The maximum atomic E-state index is 4.25. The molecular weight excluding hydrogens is 371 g/mol. The summed E-state index contributed by atoms with van der Waals surface area (Å²) >= 11 is 0. The number of aromatic nitrogens is 2. The van der Waals surface area contributed by atoms with Crippen molar-refractivity contribution in [1.82, 2.24) is 9.97 Å². The minimum absolute atomic E-state index is 0. The third kappa shape index (κ3) is 5.08. The number of fused-ring (bicyclic) bond motifs is 2. The molecule has 24 heavy (non-hydrogen) atoms. The third-order valence-electron chi connectivity index (χ3n) is 3.41. The number of hydrogen-bond donors (Lipinski definition) is 1. The smallest absolute Gasteiger partial charge is 0.0722 e. The molecule has 0 saturated heterocycles. The van der Waals surface area contributed by atoms with Crippen LogP contribution in [-0.2, 0) is 32.7 Å².